The molecule has 0 aliphatic carbocycles. The highest BCUT2D eigenvalue weighted by molar-refractivity contribution is 6.22. The molecule has 5 nitrogen and oxygen atoms in total. The number of rotatable bonds is 4. The third-order valence-corrected chi connectivity index (χ3v) is 4.19. The zero-order valence-electron chi connectivity index (χ0n) is 13.5. The number of carbonyl (C=O) groups is 3. The molecule has 0 fully saturated rings. The second kappa shape index (κ2) is 6.28. The maximum atomic E-state index is 12.4. The molecule has 0 spiro atoms. The summed E-state index contributed by atoms with van der Waals surface area (Å²) in [5.41, 5.74) is 2.54. The zero-order chi connectivity index (χ0) is 17.3. The van der Waals surface area contributed by atoms with Crippen molar-refractivity contribution < 1.29 is 19.1 Å². The van der Waals surface area contributed by atoms with Crippen molar-refractivity contribution in [2.75, 3.05) is 0 Å². The van der Waals surface area contributed by atoms with Crippen molar-refractivity contribution in [3.8, 4) is 0 Å². The van der Waals surface area contributed by atoms with Gasteiger partial charge in [0.2, 0.25) is 0 Å². The summed E-state index contributed by atoms with van der Waals surface area (Å²) in [6.07, 6.45) is 0. The van der Waals surface area contributed by atoms with Gasteiger partial charge in [0, 0.05) is 0 Å². The largest absolute Gasteiger partial charge is 0.459 e. The van der Waals surface area contributed by atoms with Crippen molar-refractivity contribution in [2.45, 2.75) is 26.5 Å². The van der Waals surface area contributed by atoms with Crippen LogP contribution in [0.3, 0.4) is 0 Å². The molecule has 1 heterocycles. The molecule has 0 N–H and O–H groups in total. The predicted octanol–water partition coefficient (Wildman–Crippen LogP) is 2.72. The molecule has 2 amide bonds. The van der Waals surface area contributed by atoms with Crippen LogP contribution in [0.2, 0.25) is 0 Å². The summed E-state index contributed by atoms with van der Waals surface area (Å²) in [6, 6.07) is 13.1. The molecule has 0 bridgehead atoms. The van der Waals surface area contributed by atoms with Crippen LogP contribution in [0.4, 0.5) is 0 Å². The van der Waals surface area contributed by atoms with Gasteiger partial charge >= 0.3 is 5.97 Å². The van der Waals surface area contributed by atoms with Gasteiger partial charge in [-0.3, -0.25) is 14.5 Å². The van der Waals surface area contributed by atoms with E-state index in [1.165, 1.54) is 6.92 Å². The third-order valence-electron chi connectivity index (χ3n) is 4.19. The second-order valence-corrected chi connectivity index (χ2v) is 5.74. The number of carbonyl (C=O) groups excluding carboxylic acids is 3. The lowest BCUT2D eigenvalue weighted by atomic mass is 10.1. The molecule has 2 aromatic carbocycles. The summed E-state index contributed by atoms with van der Waals surface area (Å²) < 4.78 is 5.29. The van der Waals surface area contributed by atoms with E-state index < -0.39 is 23.8 Å². The molecule has 0 unspecified atom stereocenters. The van der Waals surface area contributed by atoms with E-state index in [2.05, 4.69) is 0 Å². The maximum absolute atomic E-state index is 12.4. The number of nitrogens with zero attached hydrogens (tertiary/aromatic N) is 1. The Morgan fingerprint density at radius 2 is 1.54 bits per heavy atom. The minimum Gasteiger partial charge on any atom is -0.459 e. The van der Waals surface area contributed by atoms with E-state index in [1.807, 2.05) is 31.2 Å². The number of amides is 2. The van der Waals surface area contributed by atoms with Gasteiger partial charge < -0.3 is 4.74 Å². The fraction of sp³-hybridized carbons (Fsp3) is 0.211. The molecule has 1 aliphatic heterocycles. The van der Waals surface area contributed by atoms with E-state index in [-0.39, 0.29) is 6.61 Å². The van der Waals surface area contributed by atoms with Crippen LogP contribution in [0, 0.1) is 6.92 Å². The van der Waals surface area contributed by atoms with Gasteiger partial charge in [-0.25, -0.2) is 4.79 Å². The molecular weight excluding hydrogens is 306 g/mol. The predicted molar refractivity (Wildman–Crippen MR) is 87.4 cm³/mol. The molecule has 3 rings (SSSR count). The van der Waals surface area contributed by atoms with Gasteiger partial charge in [0.15, 0.2) is 0 Å². The monoisotopic (exact) mass is 323 g/mol. The van der Waals surface area contributed by atoms with Gasteiger partial charge in [-0.2, -0.15) is 0 Å². The van der Waals surface area contributed by atoms with E-state index in [4.69, 9.17) is 4.74 Å². The Hall–Kier alpha value is -2.95. The van der Waals surface area contributed by atoms with Crippen LogP contribution in [0.5, 0.6) is 0 Å². The number of benzene rings is 2. The Morgan fingerprint density at radius 1 is 1.00 bits per heavy atom. The molecule has 2 aromatic rings. The summed E-state index contributed by atoms with van der Waals surface area (Å²) in [7, 11) is 0. The number of esters is 1. The molecule has 0 saturated carbocycles. The highest BCUT2D eigenvalue weighted by Gasteiger charge is 2.41. The minimum absolute atomic E-state index is 0.110. The average molecular weight is 323 g/mol. The first-order valence-electron chi connectivity index (χ1n) is 7.68. The fourth-order valence-electron chi connectivity index (χ4n) is 2.71. The second-order valence-electron chi connectivity index (χ2n) is 5.74. The number of fused-ring (bicyclic) bond motifs is 1. The van der Waals surface area contributed by atoms with E-state index in [0.29, 0.717) is 11.1 Å². The molecule has 1 aliphatic rings. The van der Waals surface area contributed by atoms with Gasteiger partial charge in [0.1, 0.15) is 12.6 Å². The summed E-state index contributed by atoms with van der Waals surface area (Å²) in [5, 5.41) is 0. The van der Waals surface area contributed by atoms with Gasteiger partial charge in [0.05, 0.1) is 11.1 Å². The Morgan fingerprint density at radius 3 is 2.12 bits per heavy atom. The Labute approximate surface area is 139 Å². The smallest absolute Gasteiger partial charge is 0.329 e. The normalized spacial score (nSPS) is 14.5. The number of imide groups is 1. The quantitative estimate of drug-likeness (QED) is 0.641. The molecule has 122 valence electrons. The molecule has 24 heavy (non-hydrogen) atoms. The van der Waals surface area contributed by atoms with Crippen LogP contribution in [0.1, 0.15) is 38.8 Å². The Bertz CT molecular complexity index is 793. The summed E-state index contributed by atoms with van der Waals surface area (Å²) in [4.78, 5) is 38.0. The van der Waals surface area contributed by atoms with Crippen LogP contribution in [0.25, 0.3) is 0 Å². The summed E-state index contributed by atoms with van der Waals surface area (Å²) in [6.45, 7) is 3.54. The standard InChI is InChI=1S/C19H17NO4/c1-12-7-3-4-8-14(12)11-24-19(23)13(2)20-17(21)15-9-5-6-10-16(15)18(20)22/h3-10,13H,11H2,1-2H3/t13-/m1/s1. The summed E-state index contributed by atoms with van der Waals surface area (Å²) in [5.74, 6) is -1.53. The molecular formula is C19H17NO4. The van der Waals surface area contributed by atoms with Crippen LogP contribution >= 0.6 is 0 Å². The van der Waals surface area contributed by atoms with Crippen LogP contribution in [-0.2, 0) is 16.1 Å². The molecule has 0 saturated heterocycles. The SMILES string of the molecule is Cc1ccccc1COC(=O)[C@@H](C)N1C(=O)c2ccccc2C1=O. The van der Waals surface area contributed by atoms with E-state index in [9.17, 15) is 14.4 Å². The van der Waals surface area contributed by atoms with Gasteiger partial charge in [0.25, 0.3) is 11.8 Å². The molecule has 0 aromatic heterocycles. The van der Waals surface area contributed by atoms with E-state index in [1.54, 1.807) is 24.3 Å². The Kier molecular flexibility index (Phi) is 4.16. The van der Waals surface area contributed by atoms with E-state index >= 15 is 0 Å². The van der Waals surface area contributed by atoms with Crippen LogP contribution in [0.15, 0.2) is 48.5 Å². The highest BCUT2D eigenvalue weighted by Crippen LogP contribution is 2.25. The maximum Gasteiger partial charge on any atom is 0.329 e. The average Bonchev–Trinajstić information content (AvgIpc) is 2.85. The van der Waals surface area contributed by atoms with Gasteiger partial charge in [-0.1, -0.05) is 36.4 Å². The molecule has 0 radical (unpaired) electrons. The number of aryl methyl sites for hydroxylation is 1. The van der Waals surface area contributed by atoms with Crippen molar-refractivity contribution in [1.82, 2.24) is 4.90 Å². The summed E-state index contributed by atoms with van der Waals surface area (Å²) >= 11 is 0. The fourth-order valence-corrected chi connectivity index (χ4v) is 2.71. The van der Waals surface area contributed by atoms with Gasteiger partial charge in [-0.05, 0) is 37.1 Å². The lowest BCUT2D eigenvalue weighted by Crippen LogP contribution is -2.43. The minimum atomic E-state index is -0.971. The molecule has 1 atom stereocenters. The van der Waals surface area contributed by atoms with E-state index in [0.717, 1.165) is 16.0 Å². The first kappa shape index (κ1) is 15.9. The third kappa shape index (κ3) is 2.69. The van der Waals surface area contributed by atoms with Crippen molar-refractivity contribution in [2.24, 2.45) is 0 Å². The van der Waals surface area contributed by atoms with Crippen molar-refractivity contribution >= 4 is 17.8 Å². The lowest BCUT2D eigenvalue weighted by molar-refractivity contribution is -0.149. The van der Waals surface area contributed by atoms with Crippen LogP contribution in [-0.4, -0.2) is 28.7 Å². The number of ether oxygens (including phenoxy) is 1. The highest BCUT2D eigenvalue weighted by atomic mass is 16.5. The van der Waals surface area contributed by atoms with Crippen molar-refractivity contribution in [3.05, 3.63) is 70.8 Å². The van der Waals surface area contributed by atoms with Gasteiger partial charge in [-0.15, -0.1) is 0 Å². The van der Waals surface area contributed by atoms with Crippen LogP contribution < -0.4 is 0 Å². The number of hydrogen-bond acceptors (Lipinski definition) is 4. The first-order chi connectivity index (χ1) is 11.5. The zero-order valence-corrected chi connectivity index (χ0v) is 13.5. The van der Waals surface area contributed by atoms with Crippen molar-refractivity contribution in [3.63, 3.8) is 0 Å². The Balaban J connectivity index is 1.72. The lowest BCUT2D eigenvalue weighted by Gasteiger charge is -2.21. The topological polar surface area (TPSA) is 63.7 Å². The first-order valence-corrected chi connectivity index (χ1v) is 7.68. The number of hydrogen-bond donors (Lipinski definition) is 0. The molecule has 5 heteroatoms. The van der Waals surface area contributed by atoms with Crippen molar-refractivity contribution in [1.29, 1.82) is 0 Å².